The topological polar surface area (TPSA) is 71.2 Å². The van der Waals surface area contributed by atoms with Crippen molar-refractivity contribution in [2.24, 2.45) is 0 Å². The number of hydrogen-bond donors (Lipinski definition) is 2. The molecule has 1 atom stereocenters. The van der Waals surface area contributed by atoms with Crippen molar-refractivity contribution in [3.8, 4) is 0 Å². The standard InChI is InChI=1S/C11H18N4OS/c1-5-6-7(2)13-10(16)8-9(12)14-11(17-8)15(3)4/h5,7H,1,6,12H2,2-4H3,(H,13,16). The first-order valence-corrected chi connectivity index (χ1v) is 6.12. The van der Waals surface area contributed by atoms with Gasteiger partial charge in [-0.25, -0.2) is 4.98 Å². The van der Waals surface area contributed by atoms with E-state index in [0.29, 0.717) is 4.88 Å². The van der Waals surface area contributed by atoms with Crippen LogP contribution in [-0.2, 0) is 0 Å². The van der Waals surface area contributed by atoms with Gasteiger partial charge in [-0.05, 0) is 13.3 Å². The van der Waals surface area contributed by atoms with E-state index in [9.17, 15) is 4.79 Å². The molecule has 0 spiro atoms. The van der Waals surface area contributed by atoms with Crippen molar-refractivity contribution < 1.29 is 4.79 Å². The summed E-state index contributed by atoms with van der Waals surface area (Å²) >= 11 is 1.29. The van der Waals surface area contributed by atoms with Gasteiger partial charge in [-0.15, -0.1) is 6.58 Å². The van der Waals surface area contributed by atoms with Crippen LogP contribution in [0, 0.1) is 0 Å². The van der Waals surface area contributed by atoms with E-state index in [1.165, 1.54) is 11.3 Å². The molecule has 6 heteroatoms. The van der Waals surface area contributed by atoms with Gasteiger partial charge in [0, 0.05) is 20.1 Å². The van der Waals surface area contributed by atoms with Crippen molar-refractivity contribution in [3.05, 3.63) is 17.5 Å². The molecule has 3 N–H and O–H groups in total. The third-order valence-electron chi connectivity index (χ3n) is 2.13. The lowest BCUT2D eigenvalue weighted by Crippen LogP contribution is -2.31. The van der Waals surface area contributed by atoms with E-state index >= 15 is 0 Å². The smallest absolute Gasteiger partial charge is 0.265 e. The molecular weight excluding hydrogens is 236 g/mol. The Morgan fingerprint density at radius 1 is 1.71 bits per heavy atom. The van der Waals surface area contributed by atoms with Gasteiger partial charge >= 0.3 is 0 Å². The number of thiazole rings is 1. The maximum absolute atomic E-state index is 11.9. The molecule has 1 aromatic heterocycles. The predicted octanol–water partition coefficient (Wildman–Crippen LogP) is 1.49. The SMILES string of the molecule is C=CCC(C)NC(=O)c1sc(N(C)C)nc1N. The van der Waals surface area contributed by atoms with E-state index in [2.05, 4.69) is 16.9 Å². The molecule has 0 bridgehead atoms. The molecule has 0 radical (unpaired) electrons. The molecule has 94 valence electrons. The Kier molecular flexibility index (Phi) is 4.51. The zero-order valence-corrected chi connectivity index (χ0v) is 11.2. The number of carbonyl (C=O) groups excluding carboxylic acids is 1. The molecule has 1 unspecified atom stereocenters. The van der Waals surface area contributed by atoms with Gasteiger partial charge in [-0.1, -0.05) is 17.4 Å². The van der Waals surface area contributed by atoms with Crippen LogP contribution in [0.15, 0.2) is 12.7 Å². The third kappa shape index (κ3) is 3.45. The minimum atomic E-state index is -0.178. The Hall–Kier alpha value is -1.56. The lowest BCUT2D eigenvalue weighted by Gasteiger charge is -2.10. The molecule has 0 fully saturated rings. The van der Waals surface area contributed by atoms with E-state index in [1.54, 1.807) is 6.08 Å². The molecule has 0 aliphatic heterocycles. The van der Waals surface area contributed by atoms with Gasteiger partial charge in [0.15, 0.2) is 5.13 Å². The lowest BCUT2D eigenvalue weighted by molar-refractivity contribution is 0.0945. The molecule has 1 aromatic rings. The van der Waals surface area contributed by atoms with Gasteiger partial charge in [-0.2, -0.15) is 0 Å². The van der Waals surface area contributed by atoms with Crippen LogP contribution in [-0.4, -0.2) is 31.0 Å². The highest BCUT2D eigenvalue weighted by Crippen LogP contribution is 2.26. The summed E-state index contributed by atoms with van der Waals surface area (Å²) in [6.07, 6.45) is 2.50. The molecule has 0 saturated carbocycles. The Bertz CT molecular complexity index is 414. The van der Waals surface area contributed by atoms with Gasteiger partial charge in [0.25, 0.3) is 5.91 Å². The van der Waals surface area contributed by atoms with Gasteiger partial charge in [0.1, 0.15) is 10.7 Å². The molecule has 1 amide bonds. The maximum Gasteiger partial charge on any atom is 0.265 e. The molecule has 0 aromatic carbocycles. The van der Waals surface area contributed by atoms with Crippen LogP contribution in [0.25, 0.3) is 0 Å². The second-order valence-electron chi connectivity index (χ2n) is 4.00. The highest BCUT2D eigenvalue weighted by atomic mass is 32.1. The summed E-state index contributed by atoms with van der Waals surface area (Å²) in [6, 6.07) is 0.0457. The lowest BCUT2D eigenvalue weighted by atomic mass is 10.2. The van der Waals surface area contributed by atoms with Gasteiger partial charge < -0.3 is 16.0 Å². The number of amides is 1. The van der Waals surface area contributed by atoms with Crippen LogP contribution in [0.1, 0.15) is 23.0 Å². The average molecular weight is 254 g/mol. The molecule has 5 nitrogen and oxygen atoms in total. The maximum atomic E-state index is 11.9. The third-order valence-corrected chi connectivity index (χ3v) is 3.37. The number of nitrogens with one attached hydrogen (secondary N) is 1. The Morgan fingerprint density at radius 3 is 2.82 bits per heavy atom. The number of carbonyl (C=O) groups is 1. The van der Waals surface area contributed by atoms with E-state index < -0.39 is 0 Å². The first-order valence-electron chi connectivity index (χ1n) is 5.31. The molecule has 1 heterocycles. The number of hydrogen-bond acceptors (Lipinski definition) is 5. The number of anilines is 2. The summed E-state index contributed by atoms with van der Waals surface area (Å²) in [7, 11) is 3.72. The summed E-state index contributed by atoms with van der Waals surface area (Å²) in [6.45, 7) is 5.55. The Balaban J connectivity index is 2.78. The van der Waals surface area contributed by atoms with E-state index in [4.69, 9.17) is 5.73 Å². The predicted molar refractivity (Wildman–Crippen MR) is 72.6 cm³/mol. The Morgan fingerprint density at radius 2 is 2.35 bits per heavy atom. The van der Waals surface area contributed by atoms with Gasteiger partial charge in [0.2, 0.25) is 0 Å². The Labute approximate surface area is 105 Å². The minimum absolute atomic E-state index is 0.0457. The summed E-state index contributed by atoms with van der Waals surface area (Å²) in [5.74, 6) is 0.101. The van der Waals surface area contributed by atoms with Gasteiger partial charge in [-0.3, -0.25) is 4.79 Å². The normalized spacial score (nSPS) is 11.9. The van der Waals surface area contributed by atoms with Crippen molar-refractivity contribution in [1.82, 2.24) is 10.3 Å². The first-order chi connectivity index (χ1) is 7.95. The number of nitrogens with zero attached hydrogens (tertiary/aromatic N) is 2. The molecular formula is C11H18N4OS. The molecule has 0 aliphatic carbocycles. The monoisotopic (exact) mass is 254 g/mol. The largest absolute Gasteiger partial charge is 0.382 e. The van der Waals surface area contributed by atoms with Gasteiger partial charge in [0.05, 0.1) is 0 Å². The first kappa shape index (κ1) is 13.5. The van der Waals surface area contributed by atoms with E-state index in [0.717, 1.165) is 11.6 Å². The van der Waals surface area contributed by atoms with Crippen LogP contribution in [0.3, 0.4) is 0 Å². The molecule has 0 aliphatic rings. The second kappa shape index (κ2) is 5.67. The zero-order valence-electron chi connectivity index (χ0n) is 10.4. The summed E-state index contributed by atoms with van der Waals surface area (Å²) in [5.41, 5.74) is 5.72. The average Bonchev–Trinajstić information content (AvgIpc) is 2.60. The summed E-state index contributed by atoms with van der Waals surface area (Å²) in [4.78, 5) is 18.3. The fourth-order valence-electron chi connectivity index (χ4n) is 1.27. The number of rotatable bonds is 5. The fourth-order valence-corrected chi connectivity index (χ4v) is 2.08. The quantitative estimate of drug-likeness (QED) is 0.781. The van der Waals surface area contributed by atoms with Crippen LogP contribution in [0.4, 0.5) is 10.9 Å². The molecule has 1 rings (SSSR count). The van der Waals surface area contributed by atoms with Crippen LogP contribution in [0.5, 0.6) is 0 Å². The van der Waals surface area contributed by atoms with Crippen molar-refractivity contribution in [3.63, 3.8) is 0 Å². The van der Waals surface area contributed by atoms with Crippen LogP contribution >= 0.6 is 11.3 Å². The second-order valence-corrected chi connectivity index (χ2v) is 4.98. The molecule has 17 heavy (non-hydrogen) atoms. The van der Waals surface area contributed by atoms with E-state index in [-0.39, 0.29) is 17.8 Å². The van der Waals surface area contributed by atoms with Crippen LogP contribution < -0.4 is 16.0 Å². The number of nitrogens with two attached hydrogens (primary N) is 1. The zero-order chi connectivity index (χ0) is 13.0. The van der Waals surface area contributed by atoms with Crippen molar-refractivity contribution in [2.45, 2.75) is 19.4 Å². The number of nitrogen functional groups attached to an aromatic ring is 1. The van der Waals surface area contributed by atoms with Crippen molar-refractivity contribution in [2.75, 3.05) is 24.7 Å². The van der Waals surface area contributed by atoms with Crippen molar-refractivity contribution >= 4 is 28.2 Å². The van der Waals surface area contributed by atoms with Crippen LogP contribution in [0.2, 0.25) is 0 Å². The minimum Gasteiger partial charge on any atom is -0.382 e. The van der Waals surface area contributed by atoms with E-state index in [1.807, 2.05) is 25.9 Å². The summed E-state index contributed by atoms with van der Waals surface area (Å²) in [5, 5.41) is 3.58. The highest BCUT2D eigenvalue weighted by molar-refractivity contribution is 7.18. The fraction of sp³-hybridized carbons (Fsp3) is 0.455. The summed E-state index contributed by atoms with van der Waals surface area (Å²) < 4.78 is 0. The molecule has 0 saturated heterocycles. The number of aromatic nitrogens is 1. The highest BCUT2D eigenvalue weighted by Gasteiger charge is 2.18. The van der Waals surface area contributed by atoms with Crippen molar-refractivity contribution in [1.29, 1.82) is 0 Å².